The monoisotopic (exact) mass is 578 g/mol. The van der Waals surface area contributed by atoms with Crippen LogP contribution < -0.4 is 11.1 Å². The molecule has 0 saturated carbocycles. The van der Waals surface area contributed by atoms with Crippen LogP contribution in [0.4, 0.5) is 5.69 Å². The van der Waals surface area contributed by atoms with Crippen LogP contribution in [0.5, 0.6) is 0 Å². The van der Waals surface area contributed by atoms with Crippen molar-refractivity contribution in [3.63, 3.8) is 0 Å². The zero-order valence-electron chi connectivity index (χ0n) is 23.9. The Labute approximate surface area is 241 Å². The van der Waals surface area contributed by atoms with Gasteiger partial charge in [-0.2, -0.15) is 4.31 Å². The number of fused-ring (bicyclic) bond motifs is 1. The molecule has 218 valence electrons. The summed E-state index contributed by atoms with van der Waals surface area (Å²) in [4.78, 5) is 33.2. The second kappa shape index (κ2) is 11.8. The highest BCUT2D eigenvalue weighted by Crippen LogP contribution is 2.37. The van der Waals surface area contributed by atoms with Gasteiger partial charge < -0.3 is 25.8 Å². The minimum absolute atomic E-state index is 0.0188. The number of aromatic nitrogens is 1. The molecule has 0 spiro atoms. The van der Waals surface area contributed by atoms with E-state index in [-0.39, 0.29) is 5.91 Å². The molecule has 2 amide bonds. The first-order valence-corrected chi connectivity index (χ1v) is 15.8. The van der Waals surface area contributed by atoms with Crippen LogP contribution in [0, 0.1) is 6.92 Å². The van der Waals surface area contributed by atoms with Gasteiger partial charge in [0.2, 0.25) is 15.9 Å². The average Bonchev–Trinajstić information content (AvgIpc) is 3.39. The number of benzene rings is 2. The molecule has 0 atom stereocenters. The van der Waals surface area contributed by atoms with Crippen LogP contribution in [0.1, 0.15) is 34.5 Å². The molecule has 0 bridgehead atoms. The number of piperazine rings is 1. The molecule has 2 aliphatic rings. The maximum Gasteiger partial charge on any atom is 0.250 e. The molecule has 2 aliphatic heterocycles. The van der Waals surface area contributed by atoms with Crippen molar-refractivity contribution < 1.29 is 18.0 Å². The zero-order chi connectivity index (χ0) is 29.3. The highest BCUT2D eigenvalue weighted by molar-refractivity contribution is 7.88. The molecule has 0 radical (unpaired) electrons. The number of hydrogen-bond acceptors (Lipinski definition) is 6. The number of carbonyl (C=O) groups excluding carboxylic acids is 2. The minimum Gasteiger partial charge on any atom is -0.366 e. The largest absolute Gasteiger partial charge is 0.366 e. The Morgan fingerprint density at radius 2 is 1.80 bits per heavy atom. The van der Waals surface area contributed by atoms with Crippen LogP contribution in [0.15, 0.2) is 42.5 Å². The third kappa shape index (κ3) is 6.38. The van der Waals surface area contributed by atoms with Crippen LogP contribution in [0.2, 0.25) is 0 Å². The summed E-state index contributed by atoms with van der Waals surface area (Å²) in [7, 11) is -1.15. The molecule has 3 heterocycles. The van der Waals surface area contributed by atoms with Gasteiger partial charge in [-0.15, -0.1) is 0 Å². The Bertz CT molecular complexity index is 1620. The number of H-pyrrole nitrogens is 1. The molecule has 0 aliphatic carbocycles. The number of anilines is 1. The predicted molar refractivity (Wildman–Crippen MR) is 163 cm³/mol. The summed E-state index contributed by atoms with van der Waals surface area (Å²) in [6, 6.07) is 11.4. The van der Waals surface area contributed by atoms with Gasteiger partial charge >= 0.3 is 0 Å². The zero-order valence-corrected chi connectivity index (χ0v) is 24.7. The molecule has 2 aromatic carbocycles. The molecule has 41 heavy (non-hydrogen) atoms. The Morgan fingerprint density at radius 3 is 2.46 bits per heavy atom. The first-order valence-electron chi connectivity index (χ1n) is 13.9. The van der Waals surface area contributed by atoms with E-state index in [0.29, 0.717) is 37.0 Å². The molecular weight excluding hydrogens is 540 g/mol. The number of amides is 2. The normalized spacial score (nSPS) is 17.5. The Hall–Kier alpha value is -3.51. The molecule has 5 rings (SSSR count). The maximum atomic E-state index is 12.9. The summed E-state index contributed by atoms with van der Waals surface area (Å²) in [5, 5.41) is 3.94. The number of carbonyl (C=O) groups is 2. The number of sulfonamides is 1. The lowest BCUT2D eigenvalue weighted by Crippen LogP contribution is -2.45. The highest BCUT2D eigenvalue weighted by Gasteiger charge is 2.23. The molecule has 3 aromatic rings. The SMILES string of the molecule is Cc1c(NC(=O)CCN2CCN(C)CC2)cccc1-c1ccc(C(N)=O)c2[nH]c(C3=CCN(S(C)(=O)=O)CC3)cc12. The van der Waals surface area contributed by atoms with Crippen molar-refractivity contribution >= 4 is 44.0 Å². The van der Waals surface area contributed by atoms with Crippen LogP contribution in [-0.4, -0.2) is 98.4 Å². The topological polar surface area (TPSA) is 132 Å². The van der Waals surface area contributed by atoms with Gasteiger partial charge in [0, 0.05) is 69.0 Å². The first-order chi connectivity index (χ1) is 19.5. The standard InChI is InChI=1S/C30H38N6O4S/c1-20-22(5-4-6-26(20)32-28(37)11-12-35-17-15-34(2)16-18-35)23-7-8-24(30(31)38)29-25(23)19-27(33-29)21-9-13-36(14-10-21)41(3,39)40/h4-9,19,33H,10-18H2,1-3H3,(H2,31,38)(H,32,37). The Balaban J connectivity index is 1.42. The van der Waals surface area contributed by atoms with Gasteiger partial charge in [-0.25, -0.2) is 8.42 Å². The summed E-state index contributed by atoms with van der Waals surface area (Å²) >= 11 is 0. The third-order valence-electron chi connectivity index (χ3n) is 8.20. The molecule has 1 saturated heterocycles. The number of rotatable bonds is 8. The quantitative estimate of drug-likeness (QED) is 0.377. The van der Waals surface area contributed by atoms with Gasteiger partial charge in [-0.1, -0.05) is 24.3 Å². The van der Waals surface area contributed by atoms with Crippen molar-refractivity contribution in [3.8, 4) is 11.1 Å². The van der Waals surface area contributed by atoms with E-state index in [9.17, 15) is 18.0 Å². The number of primary amides is 1. The number of hydrogen-bond donors (Lipinski definition) is 3. The smallest absolute Gasteiger partial charge is 0.250 e. The molecular formula is C30H38N6O4S. The fourth-order valence-electron chi connectivity index (χ4n) is 5.64. The van der Waals surface area contributed by atoms with Crippen molar-refractivity contribution in [2.24, 2.45) is 5.73 Å². The van der Waals surface area contributed by atoms with E-state index in [0.717, 1.165) is 71.8 Å². The van der Waals surface area contributed by atoms with E-state index in [1.807, 2.05) is 43.3 Å². The molecule has 0 unspecified atom stereocenters. The van der Waals surface area contributed by atoms with E-state index in [4.69, 9.17) is 5.73 Å². The van der Waals surface area contributed by atoms with Crippen molar-refractivity contribution in [1.29, 1.82) is 0 Å². The minimum atomic E-state index is -3.26. The van der Waals surface area contributed by atoms with Gasteiger partial charge in [0.15, 0.2) is 0 Å². The summed E-state index contributed by atoms with van der Waals surface area (Å²) in [6.45, 7) is 7.39. The number of nitrogens with zero attached hydrogens (tertiary/aromatic N) is 3. The first kappa shape index (κ1) is 29.0. The number of nitrogens with one attached hydrogen (secondary N) is 2. The van der Waals surface area contributed by atoms with E-state index in [2.05, 4.69) is 27.1 Å². The van der Waals surface area contributed by atoms with Crippen molar-refractivity contribution in [3.05, 3.63) is 59.3 Å². The van der Waals surface area contributed by atoms with E-state index in [1.54, 1.807) is 6.07 Å². The lowest BCUT2D eigenvalue weighted by molar-refractivity contribution is -0.116. The van der Waals surface area contributed by atoms with E-state index < -0.39 is 15.9 Å². The maximum absolute atomic E-state index is 12.9. The van der Waals surface area contributed by atoms with Crippen molar-refractivity contribution in [2.45, 2.75) is 19.8 Å². The second-order valence-electron chi connectivity index (χ2n) is 11.0. The van der Waals surface area contributed by atoms with Crippen LogP contribution >= 0.6 is 0 Å². The second-order valence-corrected chi connectivity index (χ2v) is 13.0. The molecule has 1 aromatic heterocycles. The number of aromatic amines is 1. The number of nitrogens with two attached hydrogens (primary N) is 1. The van der Waals surface area contributed by atoms with Gasteiger partial charge in [-0.05, 0) is 60.9 Å². The summed E-state index contributed by atoms with van der Waals surface area (Å²) in [5.74, 6) is -0.552. The fourth-order valence-corrected chi connectivity index (χ4v) is 6.40. The summed E-state index contributed by atoms with van der Waals surface area (Å²) in [6.07, 6.45) is 4.10. The summed E-state index contributed by atoms with van der Waals surface area (Å²) < 4.78 is 25.3. The van der Waals surface area contributed by atoms with Gasteiger partial charge in [0.25, 0.3) is 5.91 Å². The van der Waals surface area contributed by atoms with Gasteiger partial charge in [0.1, 0.15) is 0 Å². The highest BCUT2D eigenvalue weighted by atomic mass is 32.2. The van der Waals surface area contributed by atoms with Crippen LogP contribution in [0.3, 0.4) is 0 Å². The van der Waals surface area contributed by atoms with Gasteiger partial charge in [0.05, 0.1) is 17.3 Å². The summed E-state index contributed by atoms with van der Waals surface area (Å²) in [5.41, 5.74) is 12.1. The molecule has 10 nitrogen and oxygen atoms in total. The van der Waals surface area contributed by atoms with Crippen molar-refractivity contribution in [1.82, 2.24) is 19.1 Å². The average molecular weight is 579 g/mol. The lowest BCUT2D eigenvalue weighted by atomic mass is 9.94. The predicted octanol–water partition coefficient (Wildman–Crippen LogP) is 2.87. The fraction of sp³-hybridized carbons (Fsp3) is 0.400. The van der Waals surface area contributed by atoms with Gasteiger partial charge in [-0.3, -0.25) is 9.59 Å². The molecule has 11 heteroatoms. The molecule has 1 fully saturated rings. The molecule has 4 N–H and O–H groups in total. The van der Waals surface area contributed by atoms with E-state index in [1.165, 1.54) is 10.6 Å². The Kier molecular flexibility index (Phi) is 8.32. The van der Waals surface area contributed by atoms with Crippen LogP contribution in [0.25, 0.3) is 27.6 Å². The van der Waals surface area contributed by atoms with E-state index >= 15 is 0 Å². The number of likely N-dealkylation sites (N-methyl/N-ethyl adjacent to an activating group) is 1. The lowest BCUT2D eigenvalue weighted by Gasteiger charge is -2.32. The Morgan fingerprint density at radius 1 is 1.05 bits per heavy atom. The van der Waals surface area contributed by atoms with Crippen molar-refractivity contribution in [2.75, 3.05) is 64.4 Å². The third-order valence-corrected chi connectivity index (χ3v) is 9.46. The van der Waals surface area contributed by atoms with Crippen LogP contribution in [-0.2, 0) is 14.8 Å².